The molecule has 0 heterocycles. The number of para-hydroxylation sites is 1. The van der Waals surface area contributed by atoms with Crippen molar-refractivity contribution >= 4 is 45.9 Å². The summed E-state index contributed by atoms with van der Waals surface area (Å²) in [6, 6.07) is 22.0. The van der Waals surface area contributed by atoms with Gasteiger partial charge in [0.25, 0.3) is 0 Å². The molecule has 0 saturated carbocycles. The largest absolute Gasteiger partial charge is 0.507 e. The number of benzene rings is 3. The van der Waals surface area contributed by atoms with Gasteiger partial charge >= 0.3 is 0 Å². The molecule has 0 spiro atoms. The van der Waals surface area contributed by atoms with Crippen molar-refractivity contribution in [3.63, 3.8) is 0 Å². The number of aromatic hydroxyl groups is 1. The van der Waals surface area contributed by atoms with E-state index in [1.54, 1.807) is 0 Å². The maximum Gasteiger partial charge on any atom is 0.233 e. The van der Waals surface area contributed by atoms with Gasteiger partial charge in [-0.15, -0.1) is 11.8 Å². The normalized spacial score (nSPS) is 11.9. The summed E-state index contributed by atoms with van der Waals surface area (Å²) in [7, 11) is 0. The van der Waals surface area contributed by atoms with Crippen molar-refractivity contribution in [1.82, 2.24) is 4.90 Å². The molecule has 0 bridgehead atoms. The highest BCUT2D eigenvalue weighted by Gasteiger charge is 2.27. The molecule has 1 amide bonds. The van der Waals surface area contributed by atoms with Crippen molar-refractivity contribution < 1.29 is 14.7 Å². The van der Waals surface area contributed by atoms with Gasteiger partial charge in [0.2, 0.25) is 11.0 Å². The molecule has 41 heavy (non-hydrogen) atoms. The number of nitrogens with zero attached hydrogens (tertiary/aromatic N) is 1. The van der Waals surface area contributed by atoms with Crippen LogP contribution in [0.3, 0.4) is 0 Å². The number of thioether (sulfide) groups is 2. The lowest BCUT2D eigenvalue weighted by molar-refractivity contribution is -0.130. The number of phenolic OH excluding ortho intramolecular Hbond substituents is 1. The Balaban J connectivity index is 1.58. The van der Waals surface area contributed by atoms with Crippen LogP contribution >= 0.6 is 23.5 Å². The van der Waals surface area contributed by atoms with Crippen molar-refractivity contribution in [2.24, 2.45) is 0 Å². The molecule has 0 unspecified atom stereocenters. The summed E-state index contributed by atoms with van der Waals surface area (Å²) in [5, 5.41) is 14.3. The zero-order valence-electron chi connectivity index (χ0n) is 25.6. The summed E-state index contributed by atoms with van der Waals surface area (Å²) in [6.07, 6.45) is 0. The van der Waals surface area contributed by atoms with Crippen LogP contribution in [0.4, 0.5) is 11.4 Å². The zero-order chi connectivity index (χ0) is 30.4. The molecule has 0 aromatic heterocycles. The van der Waals surface area contributed by atoms with Crippen LogP contribution in [0, 0.1) is 0 Å². The smallest absolute Gasteiger partial charge is 0.233 e. The number of phenols is 1. The molecule has 0 aliphatic rings. The van der Waals surface area contributed by atoms with Gasteiger partial charge in [0.05, 0.1) is 11.5 Å². The maximum atomic E-state index is 13.1. The van der Waals surface area contributed by atoms with E-state index in [0.717, 1.165) is 33.0 Å². The Labute approximate surface area is 254 Å². The van der Waals surface area contributed by atoms with Crippen LogP contribution in [0.25, 0.3) is 0 Å². The molecule has 2 N–H and O–H groups in total. The Morgan fingerprint density at radius 2 is 1.37 bits per heavy atom. The minimum atomic E-state index is -0.260. The third-order valence-corrected chi connectivity index (χ3v) is 8.63. The highest BCUT2D eigenvalue weighted by Crippen LogP contribution is 2.42. The molecule has 0 fully saturated rings. The van der Waals surface area contributed by atoms with Crippen LogP contribution in [0.1, 0.15) is 72.1 Å². The van der Waals surface area contributed by atoms with Gasteiger partial charge in [0, 0.05) is 40.0 Å². The van der Waals surface area contributed by atoms with Gasteiger partial charge in [-0.25, -0.2) is 0 Å². The Bertz CT molecular complexity index is 1290. The summed E-state index contributed by atoms with van der Waals surface area (Å²) in [5.74, 6) is 0.800. The first-order chi connectivity index (χ1) is 19.1. The second-order valence-electron chi connectivity index (χ2n) is 12.6. The molecule has 220 valence electrons. The fourth-order valence-electron chi connectivity index (χ4n) is 4.41. The van der Waals surface area contributed by atoms with E-state index in [1.807, 2.05) is 85.5 Å². The van der Waals surface area contributed by atoms with Crippen LogP contribution < -0.4 is 5.32 Å². The number of hydrogen-bond acceptors (Lipinski definition) is 6. The number of carbonyl (C=O) groups is 2. The molecular formula is C34H44N2O3S2. The van der Waals surface area contributed by atoms with Crippen molar-refractivity contribution in [2.45, 2.75) is 83.7 Å². The molecule has 0 aliphatic heterocycles. The van der Waals surface area contributed by atoms with Crippen molar-refractivity contribution in [3.05, 3.63) is 83.4 Å². The fraction of sp³-hybridized carbons (Fsp3) is 0.412. The Hall–Kier alpha value is -2.90. The van der Waals surface area contributed by atoms with Gasteiger partial charge in [-0.3, -0.25) is 9.59 Å². The van der Waals surface area contributed by atoms with Gasteiger partial charge < -0.3 is 15.3 Å². The second-order valence-corrected chi connectivity index (χ2v) is 14.8. The first-order valence-corrected chi connectivity index (χ1v) is 16.0. The van der Waals surface area contributed by atoms with Gasteiger partial charge in [0.1, 0.15) is 5.75 Å². The summed E-state index contributed by atoms with van der Waals surface area (Å²) >= 11 is 2.53. The predicted octanol–water partition coefficient (Wildman–Crippen LogP) is 8.52. The predicted molar refractivity (Wildman–Crippen MR) is 176 cm³/mol. The fourth-order valence-corrected chi connectivity index (χ4v) is 6.12. The summed E-state index contributed by atoms with van der Waals surface area (Å²) < 4.78 is 0. The third kappa shape index (κ3) is 9.57. The molecule has 0 aliphatic carbocycles. The van der Waals surface area contributed by atoms with Crippen molar-refractivity contribution in [2.75, 3.05) is 16.8 Å². The second kappa shape index (κ2) is 13.8. The molecule has 3 rings (SSSR count). The monoisotopic (exact) mass is 592 g/mol. The summed E-state index contributed by atoms with van der Waals surface area (Å²) in [5.41, 5.74) is 4.22. The summed E-state index contributed by atoms with van der Waals surface area (Å²) in [6.45, 7) is 16.9. The quantitative estimate of drug-likeness (QED) is 0.230. The van der Waals surface area contributed by atoms with E-state index in [0.29, 0.717) is 12.3 Å². The van der Waals surface area contributed by atoms with Crippen LogP contribution in [0.15, 0.2) is 71.6 Å². The molecular weight excluding hydrogens is 549 g/mol. The standard InChI is InChI=1S/C34H44N2O3S2/c1-23(2)36(20-24-14-16-26(17-15-24)35-25-12-10-9-11-13-25)30(37)21-40-22-31(38)41-27-18-28(33(3,4)5)32(39)29(19-27)34(6,7)8/h9-19,23,35,39H,20-22H2,1-8H3. The number of rotatable bonds is 10. The Morgan fingerprint density at radius 1 is 0.829 bits per heavy atom. The number of nitrogens with one attached hydrogen (secondary N) is 1. The van der Waals surface area contributed by atoms with Crippen LogP contribution in [-0.2, 0) is 27.0 Å². The van der Waals surface area contributed by atoms with Crippen LogP contribution in [0.5, 0.6) is 5.75 Å². The number of amides is 1. The number of hydrogen-bond donors (Lipinski definition) is 2. The van der Waals surface area contributed by atoms with Crippen LogP contribution in [0.2, 0.25) is 0 Å². The van der Waals surface area contributed by atoms with Crippen molar-refractivity contribution in [1.29, 1.82) is 0 Å². The molecule has 0 atom stereocenters. The molecule has 0 saturated heterocycles. The SMILES string of the molecule is CC(C)N(Cc1ccc(Nc2ccccc2)cc1)C(=O)CSCC(=O)Sc1cc(C(C)(C)C)c(O)c(C(C)(C)C)c1. The van der Waals surface area contributed by atoms with Crippen LogP contribution in [-0.4, -0.2) is 38.6 Å². The Morgan fingerprint density at radius 3 is 1.88 bits per heavy atom. The first kappa shape index (κ1) is 32.6. The highest BCUT2D eigenvalue weighted by atomic mass is 32.2. The molecule has 5 nitrogen and oxygen atoms in total. The van der Waals surface area contributed by atoms with E-state index in [4.69, 9.17) is 0 Å². The lowest BCUT2D eigenvalue weighted by Gasteiger charge is -2.28. The zero-order valence-corrected chi connectivity index (χ0v) is 27.2. The van der Waals surface area contributed by atoms with E-state index < -0.39 is 0 Å². The van der Waals surface area contributed by atoms with Gasteiger partial charge in [-0.1, -0.05) is 83.6 Å². The van der Waals surface area contributed by atoms with E-state index in [2.05, 4.69) is 46.9 Å². The highest BCUT2D eigenvalue weighted by molar-refractivity contribution is 8.15. The van der Waals surface area contributed by atoms with E-state index in [9.17, 15) is 14.7 Å². The third-order valence-electron chi connectivity index (χ3n) is 6.69. The van der Waals surface area contributed by atoms with Gasteiger partial charge in [-0.05, 0) is 66.6 Å². The number of anilines is 2. The Kier molecular flexibility index (Phi) is 11.0. The van der Waals surface area contributed by atoms with E-state index in [-0.39, 0.29) is 39.4 Å². The lowest BCUT2D eigenvalue weighted by Crippen LogP contribution is -2.37. The number of carbonyl (C=O) groups excluding carboxylic acids is 2. The average Bonchev–Trinajstić information content (AvgIpc) is 2.88. The minimum Gasteiger partial charge on any atom is -0.507 e. The molecule has 3 aromatic rings. The maximum absolute atomic E-state index is 13.1. The first-order valence-electron chi connectivity index (χ1n) is 14.0. The molecule has 7 heteroatoms. The lowest BCUT2D eigenvalue weighted by atomic mass is 9.79. The van der Waals surface area contributed by atoms with Gasteiger partial charge in [0.15, 0.2) is 0 Å². The van der Waals surface area contributed by atoms with Gasteiger partial charge in [-0.2, -0.15) is 0 Å². The average molecular weight is 593 g/mol. The molecule has 3 aromatic carbocycles. The topological polar surface area (TPSA) is 69.6 Å². The molecule has 0 radical (unpaired) electrons. The summed E-state index contributed by atoms with van der Waals surface area (Å²) in [4.78, 5) is 28.7. The van der Waals surface area contributed by atoms with Crippen molar-refractivity contribution in [3.8, 4) is 5.75 Å². The van der Waals surface area contributed by atoms with E-state index >= 15 is 0 Å². The minimum absolute atomic E-state index is 0.00851. The van der Waals surface area contributed by atoms with E-state index in [1.165, 1.54) is 23.5 Å².